The molecule has 2 unspecified atom stereocenters. The summed E-state index contributed by atoms with van der Waals surface area (Å²) < 4.78 is 0. The van der Waals surface area contributed by atoms with E-state index in [1.807, 2.05) is 0 Å². The summed E-state index contributed by atoms with van der Waals surface area (Å²) in [6.07, 6.45) is 6.85. The molecule has 1 saturated carbocycles. The van der Waals surface area contributed by atoms with Gasteiger partial charge in [0.2, 0.25) is 0 Å². The third-order valence-electron chi connectivity index (χ3n) is 4.85. The standard InChI is InChI=1S/C18H28N2/c1-15-6-5-12-20(13-11-15)18(14-19-17-9-10-17)16-7-3-2-4-8-16/h2-4,7-8,15,17-19H,5-6,9-14H2,1H3. The van der Waals surface area contributed by atoms with Gasteiger partial charge in [-0.15, -0.1) is 0 Å². The third kappa shape index (κ3) is 3.83. The van der Waals surface area contributed by atoms with E-state index >= 15 is 0 Å². The summed E-state index contributed by atoms with van der Waals surface area (Å²) in [5, 5.41) is 3.74. The smallest absolute Gasteiger partial charge is 0.0472 e. The van der Waals surface area contributed by atoms with Crippen LogP contribution in [0.1, 0.15) is 50.6 Å². The Bertz CT molecular complexity index is 399. The van der Waals surface area contributed by atoms with E-state index in [1.54, 1.807) is 0 Å². The number of nitrogens with zero attached hydrogens (tertiary/aromatic N) is 1. The van der Waals surface area contributed by atoms with Gasteiger partial charge in [0, 0.05) is 18.6 Å². The van der Waals surface area contributed by atoms with Crippen molar-refractivity contribution in [3.63, 3.8) is 0 Å². The highest BCUT2D eigenvalue weighted by Crippen LogP contribution is 2.27. The van der Waals surface area contributed by atoms with Crippen molar-refractivity contribution in [1.82, 2.24) is 10.2 Å². The lowest BCUT2D eigenvalue weighted by Crippen LogP contribution is -2.37. The molecule has 0 radical (unpaired) electrons. The van der Waals surface area contributed by atoms with Crippen LogP contribution in [0.5, 0.6) is 0 Å². The largest absolute Gasteiger partial charge is 0.312 e. The van der Waals surface area contributed by atoms with Gasteiger partial charge in [-0.1, -0.05) is 37.3 Å². The third-order valence-corrected chi connectivity index (χ3v) is 4.85. The summed E-state index contributed by atoms with van der Waals surface area (Å²) in [4.78, 5) is 2.72. The van der Waals surface area contributed by atoms with E-state index < -0.39 is 0 Å². The SMILES string of the molecule is CC1CCCN(C(CNC2CC2)c2ccccc2)CC1. The number of benzene rings is 1. The first kappa shape index (κ1) is 14.1. The van der Waals surface area contributed by atoms with Crippen LogP contribution in [0.2, 0.25) is 0 Å². The fraction of sp³-hybridized carbons (Fsp3) is 0.667. The highest BCUT2D eigenvalue weighted by atomic mass is 15.2. The van der Waals surface area contributed by atoms with E-state index in [1.165, 1.54) is 50.8 Å². The van der Waals surface area contributed by atoms with Gasteiger partial charge >= 0.3 is 0 Å². The van der Waals surface area contributed by atoms with Crippen LogP contribution in [0.25, 0.3) is 0 Å². The van der Waals surface area contributed by atoms with Gasteiger partial charge in [0.05, 0.1) is 0 Å². The van der Waals surface area contributed by atoms with E-state index in [2.05, 4.69) is 47.5 Å². The molecule has 2 nitrogen and oxygen atoms in total. The van der Waals surface area contributed by atoms with E-state index in [0.29, 0.717) is 6.04 Å². The predicted octanol–water partition coefficient (Wildman–Crippen LogP) is 3.60. The number of rotatable bonds is 5. The second-order valence-corrected chi connectivity index (χ2v) is 6.68. The lowest BCUT2D eigenvalue weighted by atomic mass is 10.0. The van der Waals surface area contributed by atoms with Crippen LogP contribution in [0.15, 0.2) is 30.3 Å². The molecule has 1 heterocycles. The normalized spacial score (nSPS) is 26.1. The van der Waals surface area contributed by atoms with Crippen molar-refractivity contribution in [3.8, 4) is 0 Å². The van der Waals surface area contributed by atoms with Crippen LogP contribution in [0, 0.1) is 5.92 Å². The Morgan fingerprint density at radius 2 is 1.90 bits per heavy atom. The Balaban J connectivity index is 1.69. The zero-order chi connectivity index (χ0) is 13.8. The van der Waals surface area contributed by atoms with Gasteiger partial charge in [-0.25, -0.2) is 0 Å². The fourth-order valence-corrected chi connectivity index (χ4v) is 3.30. The van der Waals surface area contributed by atoms with Crippen LogP contribution in [0.4, 0.5) is 0 Å². The zero-order valence-electron chi connectivity index (χ0n) is 12.7. The Kier molecular flexibility index (Phi) is 4.74. The average molecular weight is 272 g/mol. The zero-order valence-corrected chi connectivity index (χ0v) is 12.7. The van der Waals surface area contributed by atoms with Crippen molar-refractivity contribution in [2.45, 2.75) is 51.1 Å². The molecule has 1 saturated heterocycles. The Labute approximate surface area is 123 Å². The molecule has 2 heteroatoms. The first-order valence-corrected chi connectivity index (χ1v) is 8.35. The summed E-state index contributed by atoms with van der Waals surface area (Å²) in [5.74, 6) is 0.896. The lowest BCUT2D eigenvalue weighted by Gasteiger charge is -2.31. The molecule has 2 fully saturated rings. The molecule has 0 aromatic heterocycles. The Hall–Kier alpha value is -0.860. The van der Waals surface area contributed by atoms with Crippen molar-refractivity contribution >= 4 is 0 Å². The summed E-state index contributed by atoms with van der Waals surface area (Å²) in [6, 6.07) is 12.4. The highest BCUT2D eigenvalue weighted by Gasteiger charge is 2.26. The van der Waals surface area contributed by atoms with E-state index in [4.69, 9.17) is 0 Å². The number of nitrogens with one attached hydrogen (secondary N) is 1. The molecule has 110 valence electrons. The molecule has 20 heavy (non-hydrogen) atoms. The molecule has 1 aromatic carbocycles. The molecule has 1 aliphatic carbocycles. The van der Waals surface area contributed by atoms with Crippen LogP contribution < -0.4 is 5.32 Å². The molecular weight excluding hydrogens is 244 g/mol. The van der Waals surface area contributed by atoms with Crippen molar-refractivity contribution in [2.24, 2.45) is 5.92 Å². The first-order valence-electron chi connectivity index (χ1n) is 8.35. The topological polar surface area (TPSA) is 15.3 Å². The number of hydrogen-bond acceptors (Lipinski definition) is 2. The minimum Gasteiger partial charge on any atom is -0.312 e. The van der Waals surface area contributed by atoms with Gasteiger partial charge in [-0.3, -0.25) is 4.90 Å². The van der Waals surface area contributed by atoms with Gasteiger partial charge in [0.25, 0.3) is 0 Å². The van der Waals surface area contributed by atoms with Gasteiger partial charge in [-0.2, -0.15) is 0 Å². The molecule has 0 spiro atoms. The highest BCUT2D eigenvalue weighted by molar-refractivity contribution is 5.19. The summed E-state index contributed by atoms with van der Waals surface area (Å²) in [6.45, 7) is 6.04. The van der Waals surface area contributed by atoms with E-state index in [9.17, 15) is 0 Å². The fourth-order valence-electron chi connectivity index (χ4n) is 3.30. The minimum absolute atomic E-state index is 0.558. The number of likely N-dealkylation sites (tertiary alicyclic amines) is 1. The Morgan fingerprint density at radius 3 is 2.65 bits per heavy atom. The maximum Gasteiger partial charge on any atom is 0.0472 e. The molecule has 1 aliphatic heterocycles. The monoisotopic (exact) mass is 272 g/mol. The molecule has 2 aliphatic rings. The second kappa shape index (κ2) is 6.73. The molecule has 3 rings (SSSR count). The molecule has 2 atom stereocenters. The van der Waals surface area contributed by atoms with Gasteiger partial charge in [0.1, 0.15) is 0 Å². The summed E-state index contributed by atoms with van der Waals surface area (Å²) in [7, 11) is 0. The molecule has 0 amide bonds. The minimum atomic E-state index is 0.558. The molecule has 1 N–H and O–H groups in total. The molecule has 0 bridgehead atoms. The maximum atomic E-state index is 3.74. The number of hydrogen-bond donors (Lipinski definition) is 1. The van der Waals surface area contributed by atoms with Crippen molar-refractivity contribution in [2.75, 3.05) is 19.6 Å². The molecule has 1 aromatic rings. The quantitative estimate of drug-likeness (QED) is 0.881. The van der Waals surface area contributed by atoms with Crippen LogP contribution in [-0.2, 0) is 0 Å². The summed E-state index contributed by atoms with van der Waals surface area (Å²) in [5.41, 5.74) is 1.48. The van der Waals surface area contributed by atoms with Gasteiger partial charge in [0.15, 0.2) is 0 Å². The second-order valence-electron chi connectivity index (χ2n) is 6.68. The van der Waals surface area contributed by atoms with Crippen molar-refractivity contribution in [3.05, 3.63) is 35.9 Å². The molecular formula is C18H28N2. The van der Waals surface area contributed by atoms with Crippen LogP contribution in [0.3, 0.4) is 0 Å². The van der Waals surface area contributed by atoms with Crippen molar-refractivity contribution in [1.29, 1.82) is 0 Å². The van der Waals surface area contributed by atoms with E-state index in [-0.39, 0.29) is 0 Å². The van der Waals surface area contributed by atoms with Gasteiger partial charge in [-0.05, 0) is 56.7 Å². The maximum absolute atomic E-state index is 3.74. The van der Waals surface area contributed by atoms with Crippen LogP contribution >= 0.6 is 0 Å². The summed E-state index contributed by atoms with van der Waals surface area (Å²) >= 11 is 0. The van der Waals surface area contributed by atoms with E-state index in [0.717, 1.165) is 18.5 Å². The van der Waals surface area contributed by atoms with Crippen LogP contribution in [-0.4, -0.2) is 30.6 Å². The Morgan fingerprint density at radius 1 is 1.10 bits per heavy atom. The van der Waals surface area contributed by atoms with Gasteiger partial charge < -0.3 is 5.32 Å². The van der Waals surface area contributed by atoms with Crippen molar-refractivity contribution < 1.29 is 0 Å². The predicted molar refractivity (Wildman–Crippen MR) is 84.8 cm³/mol. The lowest BCUT2D eigenvalue weighted by molar-refractivity contribution is 0.197. The first-order chi connectivity index (χ1) is 9.83. The average Bonchev–Trinajstić information content (AvgIpc) is 3.30.